The maximum absolute atomic E-state index is 12.5. The topological polar surface area (TPSA) is 87.9 Å². The summed E-state index contributed by atoms with van der Waals surface area (Å²) in [5.41, 5.74) is 1.81. The fourth-order valence-corrected chi connectivity index (χ4v) is 3.63. The van der Waals surface area contributed by atoms with Crippen molar-refractivity contribution in [3.63, 3.8) is 0 Å². The van der Waals surface area contributed by atoms with Crippen LogP contribution >= 0.6 is 11.3 Å². The van der Waals surface area contributed by atoms with Gasteiger partial charge in [-0.15, -0.1) is 10.2 Å². The Morgan fingerprint density at radius 2 is 1.94 bits per heavy atom. The molecule has 0 aliphatic heterocycles. The molecular formula is C24H24N4O2S. The van der Waals surface area contributed by atoms with Gasteiger partial charge in [0.1, 0.15) is 28.5 Å². The van der Waals surface area contributed by atoms with Gasteiger partial charge in [-0.1, -0.05) is 67.1 Å². The largest absolute Gasteiger partial charge is 0.486 e. The third-order valence-corrected chi connectivity index (χ3v) is 5.47. The summed E-state index contributed by atoms with van der Waals surface area (Å²) in [6.07, 6.45) is 4.38. The molecule has 158 valence electrons. The minimum absolute atomic E-state index is 0.00312. The number of nitrogens with one attached hydrogen (secondary N) is 1. The highest BCUT2D eigenvalue weighted by atomic mass is 32.1. The first-order valence-electron chi connectivity index (χ1n) is 10.2. The van der Waals surface area contributed by atoms with Crippen LogP contribution in [-0.2, 0) is 11.2 Å². The number of benzene rings is 2. The van der Waals surface area contributed by atoms with Gasteiger partial charge in [0.05, 0.1) is 0 Å². The van der Waals surface area contributed by atoms with E-state index in [0.29, 0.717) is 10.9 Å². The number of carbonyl (C=O) groups excluding carboxylic acids is 1. The van der Waals surface area contributed by atoms with E-state index < -0.39 is 5.91 Å². The van der Waals surface area contributed by atoms with Crippen LogP contribution in [0.3, 0.4) is 0 Å². The number of aryl methyl sites for hydroxylation is 1. The molecule has 0 spiro atoms. The summed E-state index contributed by atoms with van der Waals surface area (Å²) < 4.78 is 5.96. The van der Waals surface area contributed by atoms with Crippen molar-refractivity contribution in [3.8, 4) is 11.8 Å². The first-order valence-corrected chi connectivity index (χ1v) is 11.0. The van der Waals surface area contributed by atoms with Crippen molar-refractivity contribution in [1.29, 1.82) is 5.26 Å². The summed E-state index contributed by atoms with van der Waals surface area (Å²) >= 11 is 1.33. The third-order valence-electron chi connectivity index (χ3n) is 4.57. The zero-order chi connectivity index (χ0) is 22.1. The van der Waals surface area contributed by atoms with Gasteiger partial charge in [0.15, 0.2) is 0 Å². The Morgan fingerprint density at radius 1 is 1.19 bits per heavy atom. The second-order valence-electron chi connectivity index (χ2n) is 6.97. The standard InChI is InChI=1S/C24H24N4O2S/c1-3-4-10-22-27-28-24(31-22)26-23(29)20(16-25)15-18-11-13-21(14-12-18)30-17(2)19-8-6-5-7-9-19/h5-9,11-15,17H,3-4,10H2,1-2H3,(H,26,28,29)/b20-15-. The van der Waals surface area contributed by atoms with Crippen LogP contribution in [0.15, 0.2) is 60.2 Å². The molecule has 3 aromatic rings. The average Bonchev–Trinajstić information content (AvgIpc) is 3.24. The van der Waals surface area contributed by atoms with Crippen molar-refractivity contribution in [2.24, 2.45) is 0 Å². The Balaban J connectivity index is 1.63. The molecule has 1 aromatic heterocycles. The Bertz CT molecular complexity index is 1070. The summed E-state index contributed by atoms with van der Waals surface area (Å²) in [7, 11) is 0. The molecule has 0 bridgehead atoms. The quantitative estimate of drug-likeness (QED) is 0.353. The second-order valence-corrected chi connectivity index (χ2v) is 8.03. The number of nitrogens with zero attached hydrogens (tertiary/aromatic N) is 3. The van der Waals surface area contributed by atoms with Gasteiger partial charge < -0.3 is 4.74 Å². The third kappa shape index (κ3) is 6.49. The molecule has 6 nitrogen and oxygen atoms in total. The molecule has 0 saturated heterocycles. The van der Waals surface area contributed by atoms with Crippen LogP contribution in [0.1, 0.15) is 48.9 Å². The molecule has 7 heteroatoms. The zero-order valence-corrected chi connectivity index (χ0v) is 18.4. The van der Waals surface area contributed by atoms with E-state index in [0.717, 1.165) is 35.4 Å². The first-order chi connectivity index (χ1) is 15.1. The molecule has 1 N–H and O–H groups in total. The second kappa shape index (κ2) is 11.0. The molecule has 1 amide bonds. The van der Waals surface area contributed by atoms with Gasteiger partial charge >= 0.3 is 0 Å². The normalized spacial score (nSPS) is 12.1. The van der Waals surface area contributed by atoms with Gasteiger partial charge in [0.2, 0.25) is 5.13 Å². The monoisotopic (exact) mass is 432 g/mol. The lowest BCUT2D eigenvalue weighted by atomic mass is 10.1. The highest BCUT2D eigenvalue weighted by Gasteiger charge is 2.13. The zero-order valence-electron chi connectivity index (χ0n) is 17.5. The average molecular weight is 433 g/mol. The first kappa shape index (κ1) is 22.2. The molecule has 0 aliphatic rings. The predicted octanol–water partition coefficient (Wildman–Crippen LogP) is 5.57. The van der Waals surface area contributed by atoms with Crippen LogP contribution in [0.25, 0.3) is 6.08 Å². The van der Waals surface area contributed by atoms with Crippen molar-refractivity contribution in [1.82, 2.24) is 10.2 Å². The van der Waals surface area contributed by atoms with Crippen molar-refractivity contribution in [2.75, 3.05) is 5.32 Å². The molecule has 3 rings (SSSR count). The lowest BCUT2D eigenvalue weighted by Crippen LogP contribution is -2.13. The Hall–Kier alpha value is -3.50. The number of hydrogen-bond donors (Lipinski definition) is 1. The fourth-order valence-electron chi connectivity index (χ4n) is 2.85. The number of anilines is 1. The summed E-state index contributed by atoms with van der Waals surface area (Å²) in [5, 5.41) is 21.4. The van der Waals surface area contributed by atoms with E-state index in [-0.39, 0.29) is 11.7 Å². The van der Waals surface area contributed by atoms with Crippen LogP contribution in [0.2, 0.25) is 0 Å². The molecule has 31 heavy (non-hydrogen) atoms. The summed E-state index contributed by atoms with van der Waals surface area (Å²) in [6, 6.07) is 19.2. The molecule has 1 atom stereocenters. The van der Waals surface area contributed by atoms with Gasteiger partial charge in [-0.3, -0.25) is 10.1 Å². The van der Waals surface area contributed by atoms with Crippen LogP contribution in [0.4, 0.5) is 5.13 Å². The molecule has 0 radical (unpaired) electrons. The smallest absolute Gasteiger partial charge is 0.268 e. The summed E-state index contributed by atoms with van der Waals surface area (Å²) in [4.78, 5) is 12.5. The Kier molecular flexibility index (Phi) is 7.91. The molecule has 1 heterocycles. The maximum Gasteiger partial charge on any atom is 0.268 e. The fraction of sp³-hybridized carbons (Fsp3) is 0.250. The minimum atomic E-state index is -0.501. The number of rotatable bonds is 9. The molecule has 1 unspecified atom stereocenters. The number of hydrogen-bond acceptors (Lipinski definition) is 6. The molecule has 0 fully saturated rings. The van der Waals surface area contributed by atoms with E-state index in [4.69, 9.17) is 4.74 Å². The lowest BCUT2D eigenvalue weighted by molar-refractivity contribution is -0.112. The highest BCUT2D eigenvalue weighted by molar-refractivity contribution is 7.15. The van der Waals surface area contributed by atoms with Gasteiger partial charge in [0, 0.05) is 6.42 Å². The van der Waals surface area contributed by atoms with Gasteiger partial charge in [-0.2, -0.15) is 5.26 Å². The van der Waals surface area contributed by atoms with E-state index >= 15 is 0 Å². The van der Waals surface area contributed by atoms with E-state index in [1.54, 1.807) is 6.08 Å². The number of unbranched alkanes of at least 4 members (excludes halogenated alkanes) is 1. The van der Waals surface area contributed by atoms with Crippen molar-refractivity contribution >= 4 is 28.5 Å². The van der Waals surface area contributed by atoms with Crippen molar-refractivity contribution in [3.05, 3.63) is 76.3 Å². The van der Waals surface area contributed by atoms with Gasteiger partial charge in [-0.25, -0.2) is 0 Å². The number of ether oxygens (including phenoxy) is 1. The highest BCUT2D eigenvalue weighted by Crippen LogP contribution is 2.23. The van der Waals surface area contributed by atoms with Crippen LogP contribution in [0, 0.1) is 11.3 Å². The number of nitriles is 1. The molecule has 2 aromatic carbocycles. The van der Waals surface area contributed by atoms with Crippen LogP contribution in [0.5, 0.6) is 5.75 Å². The molecular weight excluding hydrogens is 408 g/mol. The Labute approximate surface area is 186 Å². The minimum Gasteiger partial charge on any atom is -0.486 e. The van der Waals surface area contributed by atoms with E-state index in [1.807, 2.05) is 67.6 Å². The summed E-state index contributed by atoms with van der Waals surface area (Å²) in [5.74, 6) is 0.212. The number of amides is 1. The van der Waals surface area contributed by atoms with Crippen LogP contribution < -0.4 is 10.1 Å². The van der Waals surface area contributed by atoms with E-state index in [9.17, 15) is 10.1 Å². The van der Waals surface area contributed by atoms with E-state index in [1.165, 1.54) is 11.3 Å². The number of carbonyl (C=O) groups is 1. The lowest BCUT2D eigenvalue weighted by Gasteiger charge is -2.15. The van der Waals surface area contributed by atoms with Crippen molar-refractivity contribution in [2.45, 2.75) is 39.2 Å². The SMILES string of the molecule is CCCCc1nnc(NC(=O)/C(C#N)=C\c2ccc(OC(C)c3ccccc3)cc2)s1. The maximum atomic E-state index is 12.5. The van der Waals surface area contributed by atoms with Gasteiger partial charge in [-0.05, 0) is 42.7 Å². The molecule has 0 aliphatic carbocycles. The Morgan fingerprint density at radius 3 is 2.61 bits per heavy atom. The van der Waals surface area contributed by atoms with Crippen molar-refractivity contribution < 1.29 is 9.53 Å². The van der Waals surface area contributed by atoms with Gasteiger partial charge in [0.25, 0.3) is 5.91 Å². The van der Waals surface area contributed by atoms with E-state index in [2.05, 4.69) is 22.4 Å². The summed E-state index contributed by atoms with van der Waals surface area (Å²) in [6.45, 7) is 4.10. The van der Waals surface area contributed by atoms with Crippen LogP contribution in [-0.4, -0.2) is 16.1 Å². The predicted molar refractivity (Wildman–Crippen MR) is 123 cm³/mol. The molecule has 0 saturated carbocycles. The number of aromatic nitrogens is 2.